The third-order valence-electron chi connectivity index (χ3n) is 4.17. The molecule has 2 heterocycles. The molecule has 0 fully saturated rings. The van der Waals surface area contributed by atoms with Crippen molar-refractivity contribution in [1.29, 1.82) is 0 Å². The maximum Gasteiger partial charge on any atom is 0.416 e. The molecule has 0 bridgehead atoms. The molecule has 0 unspecified atom stereocenters. The second-order valence-electron chi connectivity index (χ2n) is 7.72. The number of pyridine rings is 1. The average molecular weight is 423 g/mol. The van der Waals surface area contributed by atoms with Crippen LogP contribution in [0.15, 0.2) is 42.6 Å². The van der Waals surface area contributed by atoms with Crippen molar-refractivity contribution in [3.63, 3.8) is 0 Å². The minimum absolute atomic E-state index is 0.0293. The lowest BCUT2D eigenvalue weighted by Gasteiger charge is -2.19. The van der Waals surface area contributed by atoms with Gasteiger partial charge in [0.05, 0.1) is 29.9 Å². The second-order valence-corrected chi connectivity index (χ2v) is 7.72. The first-order valence-electron chi connectivity index (χ1n) is 9.23. The number of hydrogen-bond acceptors (Lipinski definition) is 3. The molecule has 1 N–H and O–H groups in total. The first-order chi connectivity index (χ1) is 13.9. The summed E-state index contributed by atoms with van der Waals surface area (Å²) in [5.74, 6) is -0.971. The van der Waals surface area contributed by atoms with Crippen molar-refractivity contribution in [2.45, 2.75) is 39.0 Å². The van der Waals surface area contributed by atoms with Gasteiger partial charge in [-0.15, -0.1) is 0 Å². The van der Waals surface area contributed by atoms with Gasteiger partial charge in [0.1, 0.15) is 11.5 Å². The van der Waals surface area contributed by atoms with Gasteiger partial charge < -0.3 is 10.1 Å². The van der Waals surface area contributed by atoms with Crippen LogP contribution in [0, 0.1) is 5.82 Å². The number of carbonyl (C=O) groups is 1. The summed E-state index contributed by atoms with van der Waals surface area (Å²) in [7, 11) is 0. The van der Waals surface area contributed by atoms with Crippen LogP contribution in [0.4, 0.5) is 23.4 Å². The molecule has 0 aliphatic carbocycles. The standard InChI is InChI=1S/C21H21F4N3O2/c1-20(2,3)30-10-9-17(29)27-19-18(28-12-15(22)7-8-16(28)26-19)13-5-4-6-14(11-13)21(23,24)25/h4-8,11-12H,9-10H2,1-3H3,(H,27,29). The highest BCUT2D eigenvalue weighted by Gasteiger charge is 2.31. The van der Waals surface area contributed by atoms with Crippen molar-refractivity contribution in [3.8, 4) is 11.3 Å². The average Bonchev–Trinajstić information content (AvgIpc) is 2.96. The van der Waals surface area contributed by atoms with Crippen LogP contribution in [0.3, 0.4) is 0 Å². The van der Waals surface area contributed by atoms with E-state index in [1.54, 1.807) is 0 Å². The molecule has 3 rings (SSSR count). The highest BCUT2D eigenvalue weighted by molar-refractivity contribution is 5.94. The van der Waals surface area contributed by atoms with Crippen molar-refractivity contribution >= 4 is 17.4 Å². The molecule has 0 aliphatic rings. The van der Waals surface area contributed by atoms with Crippen LogP contribution in [-0.2, 0) is 15.7 Å². The Labute approximate surface area is 170 Å². The van der Waals surface area contributed by atoms with Gasteiger partial charge in [-0.25, -0.2) is 9.37 Å². The number of ether oxygens (including phenoxy) is 1. The fraction of sp³-hybridized carbons (Fsp3) is 0.333. The Kier molecular flexibility index (Phi) is 5.85. The Morgan fingerprint density at radius 2 is 1.90 bits per heavy atom. The van der Waals surface area contributed by atoms with Gasteiger partial charge in [-0.05, 0) is 45.0 Å². The summed E-state index contributed by atoms with van der Waals surface area (Å²) in [4.78, 5) is 16.6. The number of aromatic nitrogens is 2. The van der Waals surface area contributed by atoms with Crippen molar-refractivity contribution in [2.75, 3.05) is 11.9 Å². The fourth-order valence-corrected chi connectivity index (χ4v) is 2.87. The third kappa shape index (κ3) is 5.15. The van der Waals surface area contributed by atoms with E-state index in [0.717, 1.165) is 18.3 Å². The largest absolute Gasteiger partial charge is 0.416 e. The number of nitrogens with one attached hydrogen (secondary N) is 1. The van der Waals surface area contributed by atoms with E-state index < -0.39 is 29.1 Å². The van der Waals surface area contributed by atoms with Crippen molar-refractivity contribution < 1.29 is 27.1 Å². The van der Waals surface area contributed by atoms with Crippen LogP contribution in [0.5, 0.6) is 0 Å². The Hall–Kier alpha value is -2.94. The molecule has 3 aromatic rings. The van der Waals surface area contributed by atoms with E-state index in [0.29, 0.717) is 0 Å². The Morgan fingerprint density at radius 3 is 2.57 bits per heavy atom. The number of alkyl halides is 3. The molecule has 9 heteroatoms. The highest BCUT2D eigenvalue weighted by Crippen LogP contribution is 2.35. The zero-order chi connectivity index (χ0) is 22.1. The topological polar surface area (TPSA) is 55.6 Å². The number of halogens is 4. The maximum absolute atomic E-state index is 13.8. The number of hydrogen-bond donors (Lipinski definition) is 1. The van der Waals surface area contributed by atoms with Crippen molar-refractivity contribution in [2.24, 2.45) is 0 Å². The first-order valence-corrected chi connectivity index (χ1v) is 9.23. The molecule has 0 saturated heterocycles. The molecular formula is C21H21F4N3O2. The summed E-state index contributed by atoms with van der Waals surface area (Å²) in [6, 6.07) is 7.13. The molecule has 5 nitrogen and oxygen atoms in total. The number of rotatable bonds is 5. The van der Waals surface area contributed by atoms with Crippen molar-refractivity contribution in [1.82, 2.24) is 9.38 Å². The number of amides is 1. The van der Waals surface area contributed by atoms with Crippen LogP contribution in [0.25, 0.3) is 16.9 Å². The number of imidazole rings is 1. The van der Waals surface area contributed by atoms with E-state index in [-0.39, 0.29) is 35.8 Å². The lowest BCUT2D eigenvalue weighted by atomic mass is 10.1. The van der Waals surface area contributed by atoms with Gasteiger partial charge in [0.25, 0.3) is 0 Å². The fourth-order valence-electron chi connectivity index (χ4n) is 2.87. The molecule has 0 atom stereocenters. The van der Waals surface area contributed by atoms with Crippen molar-refractivity contribution in [3.05, 3.63) is 54.0 Å². The van der Waals surface area contributed by atoms with Gasteiger partial charge in [0.15, 0.2) is 5.82 Å². The molecule has 1 amide bonds. The number of fused-ring (bicyclic) bond motifs is 1. The molecule has 0 spiro atoms. The Morgan fingerprint density at radius 1 is 1.17 bits per heavy atom. The highest BCUT2D eigenvalue weighted by atomic mass is 19.4. The summed E-state index contributed by atoms with van der Waals surface area (Å²) in [5.41, 5.74) is -0.693. The Bertz CT molecular complexity index is 1070. The van der Waals surface area contributed by atoms with Gasteiger partial charge in [-0.2, -0.15) is 13.2 Å². The van der Waals surface area contributed by atoms with E-state index in [1.807, 2.05) is 20.8 Å². The number of carbonyl (C=O) groups excluding carboxylic acids is 1. The molecule has 160 valence electrons. The Balaban J connectivity index is 1.99. The number of nitrogens with zero attached hydrogens (tertiary/aromatic N) is 2. The van der Waals surface area contributed by atoms with Crippen LogP contribution >= 0.6 is 0 Å². The van der Waals surface area contributed by atoms with Crippen LogP contribution < -0.4 is 5.32 Å². The molecule has 30 heavy (non-hydrogen) atoms. The summed E-state index contributed by atoms with van der Waals surface area (Å²) >= 11 is 0. The lowest BCUT2D eigenvalue weighted by Crippen LogP contribution is -2.23. The SMILES string of the molecule is CC(C)(C)OCCC(=O)Nc1nc2ccc(F)cn2c1-c1cccc(C(F)(F)F)c1. The van der Waals surface area contributed by atoms with Crippen LogP contribution in [0.1, 0.15) is 32.8 Å². The van der Waals surface area contributed by atoms with Gasteiger partial charge >= 0.3 is 6.18 Å². The van der Waals surface area contributed by atoms with E-state index in [4.69, 9.17) is 4.74 Å². The smallest absolute Gasteiger partial charge is 0.375 e. The van der Waals surface area contributed by atoms with Gasteiger partial charge in [-0.3, -0.25) is 9.20 Å². The van der Waals surface area contributed by atoms with E-state index in [2.05, 4.69) is 10.3 Å². The van der Waals surface area contributed by atoms with Gasteiger partial charge in [0, 0.05) is 11.8 Å². The second kappa shape index (κ2) is 8.06. The quantitative estimate of drug-likeness (QED) is 0.567. The van der Waals surface area contributed by atoms with E-state index in [9.17, 15) is 22.4 Å². The summed E-state index contributed by atoms with van der Waals surface area (Å²) < 4.78 is 60.2. The van der Waals surface area contributed by atoms with Gasteiger partial charge in [-0.1, -0.05) is 12.1 Å². The molecule has 1 aromatic carbocycles. The minimum Gasteiger partial charge on any atom is -0.375 e. The van der Waals surface area contributed by atoms with E-state index >= 15 is 0 Å². The lowest BCUT2D eigenvalue weighted by molar-refractivity contribution is -0.137. The molecule has 0 radical (unpaired) electrons. The molecule has 0 saturated carbocycles. The van der Waals surface area contributed by atoms with Crippen LogP contribution in [0.2, 0.25) is 0 Å². The van der Waals surface area contributed by atoms with Crippen LogP contribution in [-0.4, -0.2) is 27.5 Å². The monoisotopic (exact) mass is 423 g/mol. The third-order valence-corrected chi connectivity index (χ3v) is 4.17. The number of anilines is 1. The predicted octanol–water partition coefficient (Wildman–Crippen LogP) is 5.30. The molecular weight excluding hydrogens is 402 g/mol. The number of benzene rings is 1. The summed E-state index contributed by atoms with van der Waals surface area (Å²) in [6.45, 7) is 5.73. The molecule has 2 aromatic heterocycles. The minimum atomic E-state index is -4.55. The maximum atomic E-state index is 13.8. The zero-order valence-electron chi connectivity index (χ0n) is 16.7. The predicted molar refractivity (Wildman–Crippen MR) is 105 cm³/mol. The van der Waals surface area contributed by atoms with Gasteiger partial charge in [0.2, 0.25) is 5.91 Å². The summed E-state index contributed by atoms with van der Waals surface area (Å²) in [6.07, 6.45) is -3.41. The normalized spacial score (nSPS) is 12.4. The summed E-state index contributed by atoms with van der Waals surface area (Å²) in [5, 5.41) is 2.61. The van der Waals surface area contributed by atoms with E-state index in [1.165, 1.54) is 28.7 Å². The first kappa shape index (κ1) is 21.8. The molecule has 0 aliphatic heterocycles. The zero-order valence-corrected chi connectivity index (χ0v) is 16.7.